The van der Waals surface area contributed by atoms with Gasteiger partial charge < -0.3 is 10.6 Å². The van der Waals surface area contributed by atoms with E-state index >= 15 is 0 Å². The van der Waals surface area contributed by atoms with Gasteiger partial charge in [0.15, 0.2) is 0 Å². The molecule has 0 amide bonds. The summed E-state index contributed by atoms with van der Waals surface area (Å²) in [6.07, 6.45) is 4.44. The molecule has 2 heterocycles. The summed E-state index contributed by atoms with van der Waals surface area (Å²) in [6.45, 7) is 4.52. The van der Waals surface area contributed by atoms with Crippen LogP contribution in [-0.2, 0) is 6.54 Å². The fraction of sp³-hybridized carbons (Fsp3) is 0.250. The molecule has 0 radical (unpaired) electrons. The number of halogens is 1. The molecule has 1 aromatic carbocycles. The second-order valence-electron chi connectivity index (χ2n) is 6.10. The molecule has 1 atom stereocenters. The van der Waals surface area contributed by atoms with Crippen LogP contribution in [0.1, 0.15) is 25.8 Å². The van der Waals surface area contributed by atoms with Crippen molar-refractivity contribution in [2.75, 3.05) is 10.6 Å². The molecule has 134 valence electrons. The Morgan fingerprint density at radius 1 is 1.12 bits per heavy atom. The van der Waals surface area contributed by atoms with Crippen molar-refractivity contribution in [1.82, 2.24) is 15.0 Å². The molecule has 0 aliphatic carbocycles. The normalized spacial score (nSPS) is 11.8. The van der Waals surface area contributed by atoms with E-state index in [-0.39, 0.29) is 11.9 Å². The summed E-state index contributed by atoms with van der Waals surface area (Å²) in [4.78, 5) is 13.3. The molecule has 0 aliphatic heterocycles. The lowest BCUT2D eigenvalue weighted by Gasteiger charge is -2.14. The molecule has 0 saturated carbocycles. The fourth-order valence-corrected chi connectivity index (χ4v) is 2.41. The highest BCUT2D eigenvalue weighted by molar-refractivity contribution is 5.63. The maximum atomic E-state index is 13.8. The van der Waals surface area contributed by atoms with Crippen LogP contribution in [0.5, 0.6) is 0 Å². The van der Waals surface area contributed by atoms with Crippen LogP contribution in [0, 0.1) is 5.82 Å². The molecule has 5 nitrogen and oxygen atoms in total. The van der Waals surface area contributed by atoms with Crippen molar-refractivity contribution < 1.29 is 4.39 Å². The van der Waals surface area contributed by atoms with Crippen LogP contribution in [0.2, 0.25) is 0 Å². The first-order valence-corrected chi connectivity index (χ1v) is 8.69. The van der Waals surface area contributed by atoms with Crippen LogP contribution in [0.15, 0.2) is 54.9 Å². The summed E-state index contributed by atoms with van der Waals surface area (Å²) in [7, 11) is 0. The highest BCUT2D eigenvalue weighted by atomic mass is 19.1. The van der Waals surface area contributed by atoms with Crippen LogP contribution in [0.4, 0.5) is 16.2 Å². The summed E-state index contributed by atoms with van der Waals surface area (Å²) in [5.41, 5.74) is 2.25. The first-order valence-electron chi connectivity index (χ1n) is 8.69. The average molecular weight is 351 g/mol. The molecule has 3 aromatic rings. The van der Waals surface area contributed by atoms with Gasteiger partial charge >= 0.3 is 0 Å². The molecule has 26 heavy (non-hydrogen) atoms. The van der Waals surface area contributed by atoms with Crippen LogP contribution in [0.3, 0.4) is 0 Å². The maximum Gasteiger partial charge on any atom is 0.225 e. The van der Waals surface area contributed by atoms with Crippen molar-refractivity contribution in [3.8, 4) is 11.3 Å². The van der Waals surface area contributed by atoms with E-state index in [1.807, 2.05) is 24.3 Å². The van der Waals surface area contributed by atoms with Gasteiger partial charge in [-0.15, -0.1) is 0 Å². The van der Waals surface area contributed by atoms with Crippen molar-refractivity contribution >= 4 is 11.8 Å². The van der Waals surface area contributed by atoms with E-state index in [0.717, 1.165) is 17.7 Å². The zero-order valence-corrected chi connectivity index (χ0v) is 14.9. The smallest absolute Gasteiger partial charge is 0.225 e. The van der Waals surface area contributed by atoms with E-state index in [4.69, 9.17) is 0 Å². The number of benzene rings is 1. The van der Waals surface area contributed by atoms with Crippen molar-refractivity contribution in [1.29, 1.82) is 0 Å². The predicted molar refractivity (Wildman–Crippen MR) is 102 cm³/mol. The van der Waals surface area contributed by atoms with Crippen molar-refractivity contribution in [3.63, 3.8) is 0 Å². The van der Waals surface area contributed by atoms with Gasteiger partial charge in [0.2, 0.25) is 5.95 Å². The van der Waals surface area contributed by atoms with Crippen LogP contribution in [-0.4, -0.2) is 21.0 Å². The van der Waals surface area contributed by atoms with E-state index in [1.54, 1.807) is 24.5 Å². The second-order valence-corrected chi connectivity index (χ2v) is 6.10. The number of rotatable bonds is 7. The van der Waals surface area contributed by atoms with Gasteiger partial charge in [-0.2, -0.15) is 4.98 Å². The predicted octanol–water partition coefficient (Wildman–Crippen LogP) is 4.50. The first-order chi connectivity index (χ1) is 12.7. The van der Waals surface area contributed by atoms with Crippen molar-refractivity contribution in [2.24, 2.45) is 0 Å². The summed E-state index contributed by atoms with van der Waals surface area (Å²) in [5, 5.41) is 6.49. The van der Waals surface area contributed by atoms with Gasteiger partial charge in [0, 0.05) is 42.2 Å². The zero-order valence-electron chi connectivity index (χ0n) is 14.9. The summed E-state index contributed by atoms with van der Waals surface area (Å²) < 4.78 is 13.8. The molecular formula is C20H22FN5. The number of hydrogen-bond donors (Lipinski definition) is 2. The fourth-order valence-electron chi connectivity index (χ4n) is 2.41. The largest absolute Gasteiger partial charge is 0.366 e. The van der Waals surface area contributed by atoms with Crippen molar-refractivity contribution in [2.45, 2.75) is 32.9 Å². The third-order valence-electron chi connectivity index (χ3n) is 4.09. The summed E-state index contributed by atoms with van der Waals surface area (Å²) in [6, 6.07) is 12.6. The quantitative estimate of drug-likeness (QED) is 0.656. The molecule has 0 unspecified atom stereocenters. The van der Waals surface area contributed by atoms with Crippen LogP contribution in [0.25, 0.3) is 11.3 Å². The minimum absolute atomic E-state index is 0.237. The summed E-state index contributed by atoms with van der Waals surface area (Å²) in [5.74, 6) is 0.934. The van der Waals surface area contributed by atoms with E-state index in [1.165, 1.54) is 6.07 Å². The molecule has 0 spiro atoms. The van der Waals surface area contributed by atoms with Gasteiger partial charge in [0.1, 0.15) is 11.6 Å². The van der Waals surface area contributed by atoms with Crippen molar-refractivity contribution in [3.05, 3.63) is 66.2 Å². The third kappa shape index (κ3) is 4.53. The second kappa shape index (κ2) is 8.38. The number of anilines is 2. The van der Waals surface area contributed by atoms with E-state index in [0.29, 0.717) is 23.9 Å². The highest BCUT2D eigenvalue weighted by Gasteiger charge is 2.09. The monoisotopic (exact) mass is 351 g/mol. The standard InChI is InChI=1S/C20H22FN5/c1-3-14(2)24-20-25-18(16-8-6-10-22-12-16)11-19(26-20)23-13-15-7-4-5-9-17(15)21/h4-12,14H,3,13H2,1-2H3,(H2,23,24,25,26)/t14-/m1/s1. The topological polar surface area (TPSA) is 62.7 Å². The zero-order chi connectivity index (χ0) is 18.4. The lowest BCUT2D eigenvalue weighted by Crippen LogP contribution is -2.16. The number of aromatic nitrogens is 3. The van der Waals surface area contributed by atoms with Gasteiger partial charge in [-0.25, -0.2) is 9.37 Å². The molecule has 2 aromatic heterocycles. The van der Waals surface area contributed by atoms with Gasteiger partial charge in [0.05, 0.1) is 5.69 Å². The molecule has 0 bridgehead atoms. The van der Waals surface area contributed by atoms with Crippen LogP contribution < -0.4 is 10.6 Å². The molecular weight excluding hydrogens is 329 g/mol. The third-order valence-corrected chi connectivity index (χ3v) is 4.09. The Kier molecular flexibility index (Phi) is 5.73. The molecule has 0 saturated heterocycles. The minimum Gasteiger partial charge on any atom is -0.366 e. The maximum absolute atomic E-state index is 13.8. The number of nitrogens with one attached hydrogen (secondary N) is 2. The average Bonchev–Trinajstić information content (AvgIpc) is 2.68. The minimum atomic E-state index is -0.237. The Bertz CT molecular complexity index is 854. The van der Waals surface area contributed by atoms with E-state index in [9.17, 15) is 4.39 Å². The number of nitrogens with zero attached hydrogens (tertiary/aromatic N) is 3. The van der Waals surface area contributed by atoms with E-state index < -0.39 is 0 Å². The molecule has 0 fully saturated rings. The lowest BCUT2D eigenvalue weighted by molar-refractivity contribution is 0.613. The number of pyridine rings is 1. The molecule has 2 N–H and O–H groups in total. The number of hydrogen-bond acceptors (Lipinski definition) is 5. The molecule has 0 aliphatic rings. The summed E-state index contributed by atoms with van der Waals surface area (Å²) >= 11 is 0. The lowest BCUT2D eigenvalue weighted by atomic mass is 10.2. The Morgan fingerprint density at radius 2 is 1.96 bits per heavy atom. The Balaban J connectivity index is 1.88. The molecule has 3 rings (SSSR count). The van der Waals surface area contributed by atoms with Gasteiger partial charge in [-0.05, 0) is 31.5 Å². The SMILES string of the molecule is CC[C@@H](C)Nc1nc(NCc2ccccc2F)cc(-c2cccnc2)n1. The first kappa shape index (κ1) is 17.8. The Hall–Kier alpha value is -3.02. The van der Waals surface area contributed by atoms with Gasteiger partial charge in [-0.1, -0.05) is 25.1 Å². The van der Waals surface area contributed by atoms with Crippen LogP contribution >= 0.6 is 0 Å². The molecule has 6 heteroatoms. The Labute approximate surface area is 152 Å². The van der Waals surface area contributed by atoms with Gasteiger partial charge in [0.25, 0.3) is 0 Å². The highest BCUT2D eigenvalue weighted by Crippen LogP contribution is 2.22. The van der Waals surface area contributed by atoms with Gasteiger partial charge in [-0.3, -0.25) is 4.98 Å². The Morgan fingerprint density at radius 3 is 2.69 bits per heavy atom. The van der Waals surface area contributed by atoms with E-state index in [2.05, 4.69) is 39.4 Å².